The standard InChI is InChI=1S/C24H29N3O/c1-16-8-21(17(2)27(16)22-6-4-3-5-7-22)15-25-26-23(28)24-12-18-9-19(13-24)11-20(10-18)14-24/h3-8,15,18-20H,9-14H2,1-2H3,(H,26,28)/b25-15+. The Balaban J connectivity index is 1.32. The molecule has 1 heterocycles. The third-order valence-electron chi connectivity index (χ3n) is 7.37. The monoisotopic (exact) mass is 375 g/mol. The van der Waals surface area contributed by atoms with Gasteiger partial charge in [-0.1, -0.05) is 18.2 Å². The molecule has 4 aliphatic carbocycles. The SMILES string of the molecule is Cc1cc(/C=N/NC(=O)C23CC4CC(CC(C4)C2)C3)c(C)n1-c1ccccc1. The number of nitrogens with one attached hydrogen (secondary N) is 1. The molecule has 0 unspecified atom stereocenters. The van der Waals surface area contributed by atoms with Crippen LogP contribution in [0, 0.1) is 37.0 Å². The normalized spacial score (nSPS) is 30.9. The number of nitrogens with zero attached hydrogens (tertiary/aromatic N) is 2. The maximum Gasteiger partial charge on any atom is 0.246 e. The molecule has 0 saturated heterocycles. The van der Waals surface area contributed by atoms with Crippen LogP contribution >= 0.6 is 0 Å². The first kappa shape index (κ1) is 17.7. The summed E-state index contributed by atoms with van der Waals surface area (Å²) in [6.45, 7) is 4.20. The van der Waals surface area contributed by atoms with Crippen LogP contribution in [-0.4, -0.2) is 16.7 Å². The Bertz CT molecular complexity index is 890. The van der Waals surface area contributed by atoms with Crippen molar-refractivity contribution >= 4 is 12.1 Å². The van der Waals surface area contributed by atoms with Crippen molar-refractivity contribution in [3.05, 3.63) is 53.3 Å². The van der Waals surface area contributed by atoms with Crippen molar-refractivity contribution in [2.75, 3.05) is 0 Å². The number of aromatic nitrogens is 1. The second-order valence-electron chi connectivity index (χ2n) is 9.39. The molecule has 0 spiro atoms. The quantitative estimate of drug-likeness (QED) is 0.608. The minimum Gasteiger partial charge on any atom is -0.318 e. The molecule has 146 valence electrons. The van der Waals surface area contributed by atoms with Crippen molar-refractivity contribution in [2.24, 2.45) is 28.3 Å². The van der Waals surface area contributed by atoms with Gasteiger partial charge in [-0.2, -0.15) is 5.10 Å². The molecule has 0 atom stereocenters. The van der Waals surface area contributed by atoms with E-state index in [0.717, 1.165) is 59.7 Å². The molecule has 2 aromatic rings. The van der Waals surface area contributed by atoms with Crippen molar-refractivity contribution < 1.29 is 4.79 Å². The zero-order valence-corrected chi connectivity index (χ0v) is 16.8. The van der Waals surface area contributed by atoms with Crippen LogP contribution < -0.4 is 5.43 Å². The predicted molar refractivity (Wildman–Crippen MR) is 112 cm³/mol. The van der Waals surface area contributed by atoms with E-state index in [1.807, 2.05) is 18.2 Å². The van der Waals surface area contributed by atoms with Crippen molar-refractivity contribution in [3.8, 4) is 5.69 Å². The van der Waals surface area contributed by atoms with E-state index in [9.17, 15) is 4.79 Å². The van der Waals surface area contributed by atoms with Gasteiger partial charge in [0.25, 0.3) is 0 Å². The van der Waals surface area contributed by atoms with Crippen molar-refractivity contribution in [3.63, 3.8) is 0 Å². The summed E-state index contributed by atoms with van der Waals surface area (Å²) in [6, 6.07) is 12.5. The van der Waals surface area contributed by atoms with E-state index in [1.54, 1.807) is 6.21 Å². The Morgan fingerprint density at radius 1 is 1.07 bits per heavy atom. The average Bonchev–Trinajstić information content (AvgIpc) is 2.95. The molecule has 0 radical (unpaired) electrons. The number of hydrogen-bond acceptors (Lipinski definition) is 2. The zero-order chi connectivity index (χ0) is 19.3. The van der Waals surface area contributed by atoms with E-state index in [2.05, 4.69) is 47.1 Å². The fraction of sp³-hybridized carbons (Fsp3) is 0.500. The van der Waals surface area contributed by atoms with Crippen molar-refractivity contribution in [1.82, 2.24) is 9.99 Å². The summed E-state index contributed by atoms with van der Waals surface area (Å²) in [5, 5.41) is 4.37. The van der Waals surface area contributed by atoms with Gasteiger partial charge in [0, 0.05) is 22.6 Å². The number of carbonyl (C=O) groups excluding carboxylic acids is 1. The molecule has 4 heteroatoms. The number of aryl methyl sites for hydroxylation is 1. The second kappa shape index (κ2) is 6.61. The molecule has 1 aromatic carbocycles. The Labute approximate surface area is 167 Å². The molecule has 4 saturated carbocycles. The summed E-state index contributed by atoms with van der Waals surface area (Å²) in [6.07, 6.45) is 9.07. The van der Waals surface area contributed by atoms with Crippen LogP contribution in [0.4, 0.5) is 0 Å². The van der Waals surface area contributed by atoms with Gasteiger partial charge in [-0.25, -0.2) is 5.43 Å². The number of para-hydroxylation sites is 1. The Kier molecular flexibility index (Phi) is 4.18. The highest BCUT2D eigenvalue weighted by Crippen LogP contribution is 2.60. The number of hydrogen-bond donors (Lipinski definition) is 1. The molecule has 4 fully saturated rings. The van der Waals surface area contributed by atoms with Gasteiger partial charge in [0.15, 0.2) is 0 Å². The lowest BCUT2D eigenvalue weighted by Crippen LogP contribution is -2.52. The number of hydrazone groups is 1. The lowest BCUT2D eigenvalue weighted by atomic mass is 9.49. The summed E-state index contributed by atoms with van der Waals surface area (Å²) in [5.41, 5.74) is 7.26. The number of amides is 1. The van der Waals surface area contributed by atoms with Crippen LogP contribution in [0.3, 0.4) is 0 Å². The summed E-state index contributed by atoms with van der Waals surface area (Å²) >= 11 is 0. The van der Waals surface area contributed by atoms with E-state index in [-0.39, 0.29) is 11.3 Å². The van der Waals surface area contributed by atoms with Crippen LogP contribution in [-0.2, 0) is 4.79 Å². The number of benzene rings is 1. The van der Waals surface area contributed by atoms with Crippen LogP contribution in [0.25, 0.3) is 5.69 Å². The molecule has 1 aromatic heterocycles. The third-order valence-corrected chi connectivity index (χ3v) is 7.37. The Hall–Kier alpha value is -2.36. The molecule has 4 nitrogen and oxygen atoms in total. The summed E-state index contributed by atoms with van der Waals surface area (Å²) in [7, 11) is 0. The highest BCUT2D eigenvalue weighted by molar-refractivity contribution is 5.86. The third kappa shape index (κ3) is 2.90. The fourth-order valence-corrected chi connectivity index (χ4v) is 6.56. The minimum absolute atomic E-state index is 0.146. The molecule has 6 rings (SSSR count). The topological polar surface area (TPSA) is 46.4 Å². The lowest BCUT2D eigenvalue weighted by molar-refractivity contribution is -0.146. The molecular weight excluding hydrogens is 346 g/mol. The molecular formula is C24H29N3O. The number of carbonyl (C=O) groups is 1. The molecule has 28 heavy (non-hydrogen) atoms. The van der Waals surface area contributed by atoms with E-state index in [4.69, 9.17) is 0 Å². The fourth-order valence-electron chi connectivity index (χ4n) is 6.56. The maximum atomic E-state index is 13.0. The van der Waals surface area contributed by atoms with Crippen LogP contribution in [0.5, 0.6) is 0 Å². The first-order chi connectivity index (χ1) is 13.5. The molecule has 1 amide bonds. The zero-order valence-electron chi connectivity index (χ0n) is 16.8. The van der Waals surface area contributed by atoms with E-state index < -0.39 is 0 Å². The average molecular weight is 376 g/mol. The van der Waals surface area contributed by atoms with Crippen molar-refractivity contribution in [1.29, 1.82) is 0 Å². The van der Waals surface area contributed by atoms with E-state index >= 15 is 0 Å². The van der Waals surface area contributed by atoms with Crippen molar-refractivity contribution in [2.45, 2.75) is 52.4 Å². The smallest absolute Gasteiger partial charge is 0.246 e. The van der Waals surface area contributed by atoms with Gasteiger partial charge in [-0.15, -0.1) is 0 Å². The minimum atomic E-state index is -0.146. The first-order valence-electron chi connectivity index (χ1n) is 10.6. The van der Waals surface area contributed by atoms with Gasteiger partial charge in [-0.05, 0) is 88.3 Å². The summed E-state index contributed by atoms with van der Waals surface area (Å²) in [4.78, 5) is 13.0. The molecule has 0 aliphatic heterocycles. The maximum absolute atomic E-state index is 13.0. The van der Waals surface area contributed by atoms with E-state index in [0.29, 0.717) is 0 Å². The predicted octanol–water partition coefficient (Wildman–Crippen LogP) is 4.76. The van der Waals surface area contributed by atoms with Gasteiger partial charge in [0.1, 0.15) is 0 Å². The van der Waals surface area contributed by atoms with Crippen LogP contribution in [0.2, 0.25) is 0 Å². The van der Waals surface area contributed by atoms with Gasteiger partial charge in [-0.3, -0.25) is 4.79 Å². The second-order valence-corrected chi connectivity index (χ2v) is 9.39. The summed E-state index contributed by atoms with van der Waals surface area (Å²) < 4.78 is 2.22. The Morgan fingerprint density at radius 3 is 2.29 bits per heavy atom. The summed E-state index contributed by atoms with van der Waals surface area (Å²) in [5.74, 6) is 2.46. The molecule has 1 N–H and O–H groups in total. The van der Waals surface area contributed by atoms with Gasteiger partial charge < -0.3 is 4.57 Å². The van der Waals surface area contributed by atoms with Crippen LogP contribution in [0.15, 0.2) is 41.5 Å². The number of rotatable bonds is 4. The van der Waals surface area contributed by atoms with E-state index in [1.165, 1.54) is 19.3 Å². The van der Waals surface area contributed by atoms with Crippen LogP contribution in [0.1, 0.15) is 55.5 Å². The molecule has 4 aliphatic rings. The lowest BCUT2D eigenvalue weighted by Gasteiger charge is -2.55. The molecule has 4 bridgehead atoms. The first-order valence-corrected chi connectivity index (χ1v) is 10.6. The highest BCUT2D eigenvalue weighted by Gasteiger charge is 2.54. The Morgan fingerprint density at radius 2 is 1.68 bits per heavy atom. The largest absolute Gasteiger partial charge is 0.318 e. The highest BCUT2D eigenvalue weighted by atomic mass is 16.2. The van der Waals surface area contributed by atoms with Gasteiger partial charge >= 0.3 is 0 Å². The van der Waals surface area contributed by atoms with Gasteiger partial charge in [0.2, 0.25) is 5.91 Å². The van der Waals surface area contributed by atoms with Gasteiger partial charge in [0.05, 0.1) is 11.6 Å².